The molecule has 2 amide bonds. The number of hydrogen-bond donors (Lipinski definition) is 3. The number of benzene rings is 2. The fourth-order valence-electron chi connectivity index (χ4n) is 3.83. The predicted molar refractivity (Wildman–Crippen MR) is 116 cm³/mol. The molecular formula is C22H21BrFN3O3. The summed E-state index contributed by atoms with van der Waals surface area (Å²) in [5.74, 6) is -0.467. The van der Waals surface area contributed by atoms with Crippen molar-refractivity contribution in [1.29, 1.82) is 0 Å². The number of fused-ring (bicyclic) bond motifs is 1. The molecule has 0 unspecified atom stereocenters. The Kier molecular flexibility index (Phi) is 5.87. The first-order chi connectivity index (χ1) is 14.5. The standard InChI is InChI=1S/C22H21BrFN3O3/c23-18-7-13(8-21(29)27-11-14(24)9-15(27)12-28)5-6-20(18)26-22(30)17-10-25-19-4-2-1-3-16(17)19/h1-7,10,14-15,25,28H,8-9,11-12H2,(H,26,30)/t14-,15-/m0/s1. The molecule has 0 aliphatic carbocycles. The summed E-state index contributed by atoms with van der Waals surface area (Å²) in [6.07, 6.45) is 0.843. The molecular weight excluding hydrogens is 453 g/mol. The summed E-state index contributed by atoms with van der Waals surface area (Å²) >= 11 is 3.45. The van der Waals surface area contributed by atoms with Gasteiger partial charge < -0.3 is 20.3 Å². The van der Waals surface area contributed by atoms with Gasteiger partial charge in [0.2, 0.25) is 5.91 Å². The predicted octanol–water partition coefficient (Wildman–Crippen LogP) is 3.66. The molecule has 3 N–H and O–H groups in total. The van der Waals surface area contributed by atoms with Crippen molar-refractivity contribution in [3.63, 3.8) is 0 Å². The Balaban J connectivity index is 1.45. The zero-order valence-corrected chi connectivity index (χ0v) is 17.7. The Morgan fingerprint density at radius 1 is 1.27 bits per heavy atom. The van der Waals surface area contributed by atoms with Gasteiger partial charge >= 0.3 is 0 Å². The summed E-state index contributed by atoms with van der Waals surface area (Å²) in [5, 5.41) is 13.1. The lowest BCUT2D eigenvalue weighted by molar-refractivity contribution is -0.132. The molecule has 30 heavy (non-hydrogen) atoms. The molecule has 2 atom stereocenters. The topological polar surface area (TPSA) is 85.4 Å². The number of para-hydroxylation sites is 1. The molecule has 2 heterocycles. The van der Waals surface area contributed by atoms with Gasteiger partial charge in [-0.25, -0.2) is 4.39 Å². The monoisotopic (exact) mass is 473 g/mol. The van der Waals surface area contributed by atoms with Gasteiger partial charge in [0.15, 0.2) is 0 Å². The Morgan fingerprint density at radius 2 is 2.07 bits per heavy atom. The van der Waals surface area contributed by atoms with E-state index in [4.69, 9.17) is 0 Å². The maximum atomic E-state index is 13.6. The molecule has 3 aromatic rings. The van der Waals surface area contributed by atoms with E-state index in [0.29, 0.717) is 15.7 Å². The van der Waals surface area contributed by atoms with Crippen LogP contribution < -0.4 is 5.32 Å². The van der Waals surface area contributed by atoms with Crippen molar-refractivity contribution in [1.82, 2.24) is 9.88 Å². The van der Waals surface area contributed by atoms with Gasteiger partial charge in [-0.2, -0.15) is 0 Å². The van der Waals surface area contributed by atoms with Gasteiger partial charge in [-0.1, -0.05) is 24.3 Å². The number of aliphatic hydroxyl groups is 1. The quantitative estimate of drug-likeness (QED) is 0.528. The number of nitrogens with one attached hydrogen (secondary N) is 2. The Bertz CT molecular complexity index is 1100. The number of carbonyl (C=O) groups excluding carboxylic acids is 2. The van der Waals surface area contributed by atoms with Crippen LogP contribution in [0.4, 0.5) is 10.1 Å². The van der Waals surface area contributed by atoms with Gasteiger partial charge in [0.1, 0.15) is 6.17 Å². The summed E-state index contributed by atoms with van der Waals surface area (Å²) in [4.78, 5) is 29.7. The van der Waals surface area contributed by atoms with E-state index in [0.717, 1.165) is 16.5 Å². The van der Waals surface area contributed by atoms with Crippen LogP contribution in [-0.2, 0) is 11.2 Å². The number of aromatic nitrogens is 1. The normalized spacial score (nSPS) is 18.7. The lowest BCUT2D eigenvalue weighted by atomic mass is 10.1. The van der Waals surface area contributed by atoms with E-state index in [1.54, 1.807) is 24.4 Å². The number of H-pyrrole nitrogens is 1. The maximum absolute atomic E-state index is 13.6. The zero-order valence-electron chi connectivity index (χ0n) is 16.1. The average molecular weight is 474 g/mol. The number of carbonyl (C=O) groups is 2. The van der Waals surface area contributed by atoms with Crippen LogP contribution in [0, 0.1) is 0 Å². The minimum Gasteiger partial charge on any atom is -0.394 e. The number of likely N-dealkylation sites (tertiary alicyclic amines) is 1. The third-order valence-corrected chi connectivity index (χ3v) is 6.02. The minimum atomic E-state index is -1.10. The molecule has 0 radical (unpaired) electrons. The second-order valence-electron chi connectivity index (χ2n) is 7.41. The Labute approximate surface area is 181 Å². The first-order valence-electron chi connectivity index (χ1n) is 9.66. The second kappa shape index (κ2) is 8.57. The number of hydrogen-bond acceptors (Lipinski definition) is 3. The first-order valence-corrected chi connectivity index (χ1v) is 10.5. The van der Waals surface area contributed by atoms with Gasteiger partial charge in [0, 0.05) is 28.0 Å². The molecule has 1 saturated heterocycles. The van der Waals surface area contributed by atoms with E-state index in [1.165, 1.54) is 4.90 Å². The van der Waals surface area contributed by atoms with Gasteiger partial charge in [-0.3, -0.25) is 9.59 Å². The van der Waals surface area contributed by atoms with Gasteiger partial charge in [0.05, 0.1) is 36.9 Å². The van der Waals surface area contributed by atoms with Crippen molar-refractivity contribution in [2.45, 2.75) is 25.1 Å². The lowest BCUT2D eigenvalue weighted by Gasteiger charge is -2.22. The van der Waals surface area contributed by atoms with Crippen LogP contribution in [0.3, 0.4) is 0 Å². The molecule has 1 aromatic heterocycles. The summed E-state index contributed by atoms with van der Waals surface area (Å²) < 4.78 is 14.3. The van der Waals surface area contributed by atoms with Crippen LogP contribution in [0.1, 0.15) is 22.3 Å². The highest BCUT2D eigenvalue weighted by molar-refractivity contribution is 9.10. The van der Waals surface area contributed by atoms with Gasteiger partial charge in [-0.15, -0.1) is 0 Å². The number of aliphatic hydroxyl groups excluding tert-OH is 1. The van der Waals surface area contributed by atoms with E-state index in [9.17, 15) is 19.1 Å². The molecule has 0 spiro atoms. The fraction of sp³-hybridized carbons (Fsp3) is 0.273. The molecule has 8 heteroatoms. The summed E-state index contributed by atoms with van der Waals surface area (Å²) in [6.45, 7) is -0.224. The molecule has 6 nitrogen and oxygen atoms in total. The molecule has 2 aromatic carbocycles. The van der Waals surface area contributed by atoms with Crippen LogP contribution in [0.5, 0.6) is 0 Å². The summed E-state index contributed by atoms with van der Waals surface area (Å²) in [6, 6.07) is 12.3. The second-order valence-corrected chi connectivity index (χ2v) is 8.26. The smallest absolute Gasteiger partial charge is 0.257 e. The van der Waals surface area contributed by atoms with Gasteiger partial charge in [0.25, 0.3) is 5.91 Å². The van der Waals surface area contributed by atoms with E-state index >= 15 is 0 Å². The van der Waals surface area contributed by atoms with Crippen molar-refractivity contribution in [3.05, 3.63) is 64.3 Å². The molecule has 1 aliphatic heterocycles. The first kappa shape index (κ1) is 20.6. The Morgan fingerprint density at radius 3 is 2.83 bits per heavy atom. The number of anilines is 1. The molecule has 0 saturated carbocycles. The number of alkyl halides is 1. The molecule has 156 valence electrons. The van der Waals surface area contributed by atoms with Crippen molar-refractivity contribution in [2.75, 3.05) is 18.5 Å². The number of nitrogens with zero attached hydrogens (tertiary/aromatic N) is 1. The molecule has 1 aliphatic rings. The highest BCUT2D eigenvalue weighted by Crippen LogP contribution is 2.27. The average Bonchev–Trinajstić information content (AvgIpc) is 3.33. The maximum Gasteiger partial charge on any atom is 0.257 e. The van der Waals surface area contributed by atoms with E-state index in [-0.39, 0.29) is 37.8 Å². The number of rotatable bonds is 5. The lowest BCUT2D eigenvalue weighted by Crippen LogP contribution is -2.38. The van der Waals surface area contributed by atoms with Crippen molar-refractivity contribution in [3.8, 4) is 0 Å². The molecule has 0 bridgehead atoms. The van der Waals surface area contributed by atoms with Gasteiger partial charge in [-0.05, 0) is 39.7 Å². The number of amides is 2. The van der Waals surface area contributed by atoms with Crippen molar-refractivity contribution >= 4 is 44.3 Å². The summed E-state index contributed by atoms with van der Waals surface area (Å²) in [7, 11) is 0. The van der Waals surface area contributed by atoms with Crippen LogP contribution in [0.2, 0.25) is 0 Å². The molecule has 4 rings (SSSR count). The number of halogens is 2. The fourth-order valence-corrected chi connectivity index (χ4v) is 4.36. The van der Waals surface area contributed by atoms with Crippen molar-refractivity contribution in [2.24, 2.45) is 0 Å². The highest BCUT2D eigenvalue weighted by atomic mass is 79.9. The van der Waals surface area contributed by atoms with E-state index in [1.807, 2.05) is 24.3 Å². The van der Waals surface area contributed by atoms with E-state index < -0.39 is 12.2 Å². The third-order valence-electron chi connectivity index (χ3n) is 5.37. The molecule has 1 fully saturated rings. The van der Waals surface area contributed by atoms with Crippen LogP contribution in [0.15, 0.2) is 53.1 Å². The number of aromatic amines is 1. The summed E-state index contributed by atoms with van der Waals surface area (Å²) in [5.41, 5.74) is 2.74. The zero-order chi connectivity index (χ0) is 21.3. The third kappa shape index (κ3) is 4.11. The van der Waals surface area contributed by atoms with Crippen LogP contribution in [0.25, 0.3) is 10.9 Å². The highest BCUT2D eigenvalue weighted by Gasteiger charge is 2.34. The Hall–Kier alpha value is -2.71. The largest absolute Gasteiger partial charge is 0.394 e. The van der Waals surface area contributed by atoms with E-state index in [2.05, 4.69) is 26.2 Å². The van der Waals surface area contributed by atoms with Crippen LogP contribution in [-0.4, -0.2) is 52.2 Å². The minimum absolute atomic E-state index is 0.0178. The SMILES string of the molecule is O=C(Nc1ccc(CC(=O)N2C[C@@H](F)C[C@H]2CO)cc1Br)c1c[nH]c2ccccc12. The van der Waals surface area contributed by atoms with Crippen LogP contribution >= 0.6 is 15.9 Å². The van der Waals surface area contributed by atoms with Crippen molar-refractivity contribution < 1.29 is 19.1 Å².